The van der Waals surface area contributed by atoms with Crippen molar-refractivity contribution < 1.29 is 19.1 Å². The Morgan fingerprint density at radius 3 is 2.74 bits per heavy atom. The molecule has 0 amide bonds. The number of fused-ring (bicyclic) bond motifs is 1. The zero-order valence-corrected chi connectivity index (χ0v) is 10.2. The van der Waals surface area contributed by atoms with Crippen LogP contribution in [-0.2, 0) is 4.79 Å². The lowest BCUT2D eigenvalue weighted by Gasteiger charge is -2.05. The number of ether oxygens (including phenoxy) is 1. The van der Waals surface area contributed by atoms with Gasteiger partial charge in [-0.25, -0.2) is 0 Å². The van der Waals surface area contributed by atoms with Gasteiger partial charge >= 0.3 is 12.2 Å². The van der Waals surface area contributed by atoms with Gasteiger partial charge in [-0.2, -0.15) is 4.79 Å². The maximum atomic E-state index is 11.8. The first-order chi connectivity index (χ1) is 9.11. The van der Waals surface area contributed by atoms with Crippen LogP contribution in [0.1, 0.15) is 17.3 Å². The third-order valence-corrected chi connectivity index (χ3v) is 2.56. The molecule has 0 radical (unpaired) electrons. The molecule has 0 aliphatic heterocycles. The summed E-state index contributed by atoms with van der Waals surface area (Å²) in [6.45, 7) is 1.31. The lowest BCUT2D eigenvalue weighted by atomic mass is 10.0. The Morgan fingerprint density at radius 2 is 2.05 bits per heavy atom. The zero-order chi connectivity index (χ0) is 13.8. The van der Waals surface area contributed by atoms with E-state index in [4.69, 9.17) is 10.3 Å². The number of carbonyl (C=O) groups is 2. The van der Waals surface area contributed by atoms with Gasteiger partial charge in [0.1, 0.15) is 5.75 Å². The number of esters is 1. The second-order valence-corrected chi connectivity index (χ2v) is 3.89. The van der Waals surface area contributed by atoms with Crippen molar-refractivity contribution in [2.45, 2.75) is 6.92 Å². The van der Waals surface area contributed by atoms with Crippen molar-refractivity contribution in [2.75, 3.05) is 0 Å². The molecule has 2 aromatic carbocycles. The van der Waals surface area contributed by atoms with Crippen molar-refractivity contribution in [1.29, 1.82) is 0 Å². The smallest absolute Gasteiger partial charge is 0.328 e. The van der Waals surface area contributed by atoms with E-state index in [9.17, 15) is 9.59 Å². The van der Waals surface area contributed by atoms with Crippen LogP contribution in [0.15, 0.2) is 36.4 Å². The van der Waals surface area contributed by atoms with Crippen LogP contribution in [0.25, 0.3) is 16.3 Å². The largest absolute Gasteiger partial charge is 0.427 e. The summed E-state index contributed by atoms with van der Waals surface area (Å²) >= 11 is 0. The Balaban J connectivity index is 2.61. The van der Waals surface area contributed by atoms with Crippen molar-refractivity contribution in [3.8, 4) is 5.75 Å². The lowest BCUT2D eigenvalue weighted by molar-refractivity contribution is -0.131. The Hall–Kier alpha value is -2.78. The Morgan fingerprint density at radius 1 is 1.26 bits per heavy atom. The second-order valence-electron chi connectivity index (χ2n) is 3.89. The SMILES string of the molecule is CC(=O)Oc1ccc2cccc(C(=O)C=[N+]=[N-])c2c1. The summed E-state index contributed by atoms with van der Waals surface area (Å²) in [4.78, 5) is 25.4. The molecule has 0 heterocycles. The summed E-state index contributed by atoms with van der Waals surface area (Å²) in [7, 11) is 0. The molecule has 94 valence electrons. The summed E-state index contributed by atoms with van der Waals surface area (Å²) in [6.07, 6.45) is 0.827. The number of hydrogen-bond acceptors (Lipinski definition) is 3. The molecule has 0 N–H and O–H groups in total. The molecule has 0 aliphatic carbocycles. The minimum atomic E-state index is -0.430. The Labute approximate surface area is 109 Å². The number of hydrogen-bond donors (Lipinski definition) is 0. The summed E-state index contributed by atoms with van der Waals surface area (Å²) in [5, 5.41) is 1.46. The summed E-state index contributed by atoms with van der Waals surface area (Å²) < 4.78 is 4.98. The molecule has 19 heavy (non-hydrogen) atoms. The van der Waals surface area contributed by atoms with Gasteiger partial charge in [0.05, 0.1) is 0 Å². The van der Waals surface area contributed by atoms with Crippen LogP contribution in [0, 0.1) is 0 Å². The Kier molecular flexibility index (Phi) is 3.50. The minimum Gasteiger partial charge on any atom is -0.427 e. The molecule has 0 bridgehead atoms. The summed E-state index contributed by atoms with van der Waals surface area (Å²) in [6, 6.07) is 10.2. The number of Topliss-reactive ketones (excluding diaryl/α,β-unsaturated/α-hetero) is 1. The molecule has 2 aromatic rings. The number of carbonyl (C=O) groups excluding carboxylic acids is 2. The quantitative estimate of drug-likeness (QED) is 0.210. The van der Waals surface area contributed by atoms with Gasteiger partial charge in [-0.3, -0.25) is 9.59 Å². The molecule has 5 nitrogen and oxygen atoms in total. The number of ketones is 1. The van der Waals surface area contributed by atoms with E-state index >= 15 is 0 Å². The van der Waals surface area contributed by atoms with Crippen molar-refractivity contribution in [1.82, 2.24) is 0 Å². The number of nitrogens with zero attached hydrogens (tertiary/aromatic N) is 2. The molecule has 0 aromatic heterocycles. The van der Waals surface area contributed by atoms with E-state index in [-0.39, 0.29) is 0 Å². The number of benzene rings is 2. The predicted octanol–water partition coefficient (Wildman–Crippen LogP) is 2.25. The first-order valence-electron chi connectivity index (χ1n) is 5.55. The fourth-order valence-corrected chi connectivity index (χ4v) is 1.82. The van der Waals surface area contributed by atoms with Crippen LogP contribution >= 0.6 is 0 Å². The maximum Gasteiger partial charge on any atom is 0.328 e. The molecule has 0 unspecified atom stereocenters. The normalized spacial score (nSPS) is 9.74. The maximum absolute atomic E-state index is 11.8. The van der Waals surface area contributed by atoms with Crippen molar-refractivity contribution in [2.24, 2.45) is 0 Å². The fraction of sp³-hybridized carbons (Fsp3) is 0.0714. The predicted molar refractivity (Wildman–Crippen MR) is 69.3 cm³/mol. The summed E-state index contributed by atoms with van der Waals surface area (Å²) in [5.74, 6) is -0.491. The molecular formula is C14H10N2O3. The van der Waals surface area contributed by atoms with Crippen molar-refractivity contribution in [3.63, 3.8) is 0 Å². The third kappa shape index (κ3) is 2.73. The van der Waals surface area contributed by atoms with Crippen molar-refractivity contribution >= 4 is 28.7 Å². The fourth-order valence-electron chi connectivity index (χ4n) is 1.82. The molecule has 0 saturated heterocycles. The van der Waals surface area contributed by atoms with Gasteiger partial charge < -0.3 is 10.3 Å². The van der Waals surface area contributed by atoms with Crippen LogP contribution in [0.2, 0.25) is 0 Å². The van der Waals surface area contributed by atoms with Gasteiger partial charge in [0, 0.05) is 12.5 Å². The monoisotopic (exact) mass is 254 g/mol. The highest BCUT2D eigenvalue weighted by molar-refractivity contribution is 6.36. The number of rotatable bonds is 3. The standard InChI is InChI=1S/C14H10N2O3/c1-9(17)19-11-6-5-10-3-2-4-12(13(10)7-11)14(18)8-16-15/h2-8H,1H3. The zero-order valence-electron chi connectivity index (χ0n) is 10.2. The van der Waals surface area contributed by atoms with E-state index in [1.807, 2.05) is 6.07 Å². The molecule has 2 rings (SSSR count). The second kappa shape index (κ2) is 5.25. The molecule has 0 spiro atoms. The first-order valence-corrected chi connectivity index (χ1v) is 5.55. The lowest BCUT2D eigenvalue weighted by Crippen LogP contribution is -2.03. The van der Waals surface area contributed by atoms with E-state index in [0.717, 1.165) is 11.6 Å². The highest BCUT2D eigenvalue weighted by Gasteiger charge is 2.12. The van der Waals surface area contributed by atoms with E-state index in [0.29, 0.717) is 16.7 Å². The van der Waals surface area contributed by atoms with Gasteiger partial charge in [0.2, 0.25) is 0 Å². The average molecular weight is 254 g/mol. The molecule has 0 atom stereocenters. The van der Waals surface area contributed by atoms with Crippen LogP contribution in [0.4, 0.5) is 0 Å². The first kappa shape index (κ1) is 12.7. The Bertz CT molecular complexity index is 716. The van der Waals surface area contributed by atoms with Gasteiger partial charge in [0.15, 0.2) is 0 Å². The highest BCUT2D eigenvalue weighted by Crippen LogP contribution is 2.24. The van der Waals surface area contributed by atoms with E-state index in [1.165, 1.54) is 6.92 Å². The van der Waals surface area contributed by atoms with E-state index in [2.05, 4.69) is 4.79 Å². The molecule has 0 aliphatic rings. The van der Waals surface area contributed by atoms with Crippen LogP contribution in [0.3, 0.4) is 0 Å². The minimum absolute atomic E-state index is 0.362. The van der Waals surface area contributed by atoms with Gasteiger partial charge in [-0.1, -0.05) is 24.3 Å². The molecule has 5 heteroatoms. The highest BCUT2D eigenvalue weighted by atomic mass is 16.5. The van der Waals surface area contributed by atoms with Crippen molar-refractivity contribution in [3.05, 3.63) is 47.5 Å². The third-order valence-electron chi connectivity index (χ3n) is 2.56. The van der Waals surface area contributed by atoms with Gasteiger partial charge in [-0.05, 0) is 22.9 Å². The van der Waals surface area contributed by atoms with Crippen LogP contribution in [-0.4, -0.2) is 22.8 Å². The molecule has 0 fully saturated rings. The van der Waals surface area contributed by atoms with Crippen LogP contribution in [0.5, 0.6) is 5.75 Å². The van der Waals surface area contributed by atoms with Gasteiger partial charge in [0.25, 0.3) is 5.78 Å². The van der Waals surface area contributed by atoms with E-state index in [1.54, 1.807) is 30.3 Å². The molecule has 0 saturated carbocycles. The summed E-state index contributed by atoms with van der Waals surface area (Å²) in [5.41, 5.74) is 8.80. The van der Waals surface area contributed by atoms with Gasteiger partial charge in [-0.15, -0.1) is 0 Å². The van der Waals surface area contributed by atoms with Crippen LogP contribution < -0.4 is 4.74 Å². The topological polar surface area (TPSA) is 79.8 Å². The molecular weight excluding hydrogens is 244 g/mol. The average Bonchev–Trinajstić information content (AvgIpc) is 2.37. The van der Waals surface area contributed by atoms with E-state index < -0.39 is 11.8 Å².